The van der Waals surface area contributed by atoms with Crippen molar-refractivity contribution in [3.8, 4) is 5.75 Å². The Morgan fingerprint density at radius 3 is 2.76 bits per heavy atom. The predicted molar refractivity (Wildman–Crippen MR) is 60.8 cm³/mol. The van der Waals surface area contributed by atoms with E-state index in [0.29, 0.717) is 19.1 Å². The molecule has 0 bridgehead atoms. The zero-order chi connectivity index (χ0) is 12.3. The monoisotopic (exact) mass is 242 g/mol. The van der Waals surface area contributed by atoms with Gasteiger partial charge in [0.15, 0.2) is 11.6 Å². The molecule has 1 heterocycles. The highest BCUT2D eigenvalue weighted by Crippen LogP contribution is 2.18. The Labute approximate surface area is 99.2 Å². The summed E-state index contributed by atoms with van der Waals surface area (Å²) in [7, 11) is 0. The van der Waals surface area contributed by atoms with Gasteiger partial charge in [0.05, 0.1) is 0 Å². The van der Waals surface area contributed by atoms with E-state index in [-0.39, 0.29) is 5.75 Å². The molecule has 0 radical (unpaired) electrons. The van der Waals surface area contributed by atoms with Crippen LogP contribution in [0.5, 0.6) is 5.75 Å². The fourth-order valence-electron chi connectivity index (χ4n) is 1.89. The second-order valence-electron chi connectivity index (χ2n) is 4.28. The molecule has 1 fully saturated rings. The molecule has 2 rings (SSSR count). The van der Waals surface area contributed by atoms with Gasteiger partial charge in [0, 0.05) is 25.7 Å². The van der Waals surface area contributed by atoms with Crippen molar-refractivity contribution in [2.24, 2.45) is 11.7 Å². The largest absolute Gasteiger partial charge is 0.489 e. The van der Waals surface area contributed by atoms with Crippen LogP contribution in [0.15, 0.2) is 18.2 Å². The van der Waals surface area contributed by atoms with Gasteiger partial charge in [0.2, 0.25) is 0 Å². The van der Waals surface area contributed by atoms with Crippen LogP contribution in [0.25, 0.3) is 0 Å². The van der Waals surface area contributed by atoms with E-state index in [1.165, 1.54) is 12.1 Å². The predicted octanol–water partition coefficient (Wildman–Crippen LogP) is 1.23. The molecule has 1 aromatic rings. The van der Waals surface area contributed by atoms with Crippen LogP contribution in [0.2, 0.25) is 0 Å². The number of hydrogen-bond acceptors (Lipinski definition) is 3. The van der Waals surface area contributed by atoms with Crippen LogP contribution in [0.3, 0.4) is 0 Å². The number of halogens is 2. The Hall–Kier alpha value is -1.20. The van der Waals surface area contributed by atoms with E-state index < -0.39 is 11.6 Å². The second-order valence-corrected chi connectivity index (χ2v) is 4.28. The van der Waals surface area contributed by atoms with Gasteiger partial charge < -0.3 is 10.5 Å². The fraction of sp³-hybridized carbons (Fsp3) is 0.500. The lowest BCUT2D eigenvalue weighted by Crippen LogP contribution is -2.50. The second kappa shape index (κ2) is 5.42. The lowest BCUT2D eigenvalue weighted by atomic mass is 10.0. The highest BCUT2D eigenvalue weighted by atomic mass is 19.1. The smallest absolute Gasteiger partial charge is 0.167 e. The maximum atomic E-state index is 13.2. The standard InChI is InChI=1S/C12H16F2N2O/c13-10-1-2-12(11(14)5-10)17-4-3-16-7-9(6-15)8-16/h1-2,5,9H,3-4,6-8,15H2. The molecule has 1 aliphatic heterocycles. The molecule has 1 aromatic carbocycles. The molecule has 0 atom stereocenters. The van der Waals surface area contributed by atoms with Gasteiger partial charge in [0.25, 0.3) is 0 Å². The van der Waals surface area contributed by atoms with Gasteiger partial charge >= 0.3 is 0 Å². The van der Waals surface area contributed by atoms with Crippen molar-refractivity contribution in [2.75, 3.05) is 32.8 Å². The molecule has 94 valence electrons. The average molecular weight is 242 g/mol. The van der Waals surface area contributed by atoms with Crippen molar-refractivity contribution < 1.29 is 13.5 Å². The third kappa shape index (κ3) is 3.14. The number of rotatable bonds is 5. The summed E-state index contributed by atoms with van der Waals surface area (Å²) in [5.74, 6) is -0.573. The number of nitrogens with two attached hydrogens (primary N) is 1. The first-order chi connectivity index (χ1) is 8.19. The van der Waals surface area contributed by atoms with E-state index in [4.69, 9.17) is 10.5 Å². The molecule has 17 heavy (non-hydrogen) atoms. The van der Waals surface area contributed by atoms with Crippen LogP contribution >= 0.6 is 0 Å². The van der Waals surface area contributed by atoms with Gasteiger partial charge in [-0.05, 0) is 24.6 Å². The van der Waals surface area contributed by atoms with Crippen LogP contribution < -0.4 is 10.5 Å². The number of likely N-dealkylation sites (tertiary alicyclic amines) is 1. The molecule has 5 heteroatoms. The van der Waals surface area contributed by atoms with E-state index >= 15 is 0 Å². The zero-order valence-corrected chi connectivity index (χ0v) is 9.53. The average Bonchev–Trinajstić information content (AvgIpc) is 2.24. The zero-order valence-electron chi connectivity index (χ0n) is 9.53. The summed E-state index contributed by atoms with van der Waals surface area (Å²) in [6.45, 7) is 3.81. The Morgan fingerprint density at radius 2 is 2.12 bits per heavy atom. The van der Waals surface area contributed by atoms with Crippen molar-refractivity contribution in [2.45, 2.75) is 0 Å². The molecule has 0 aliphatic carbocycles. The van der Waals surface area contributed by atoms with Crippen LogP contribution in [0.1, 0.15) is 0 Å². The van der Waals surface area contributed by atoms with Gasteiger partial charge in [-0.1, -0.05) is 0 Å². The van der Waals surface area contributed by atoms with Gasteiger partial charge in [-0.2, -0.15) is 0 Å². The molecular formula is C12H16F2N2O. The summed E-state index contributed by atoms with van der Waals surface area (Å²) in [5, 5.41) is 0. The Balaban J connectivity index is 1.72. The molecule has 0 spiro atoms. The quantitative estimate of drug-likeness (QED) is 0.844. The van der Waals surface area contributed by atoms with Crippen LogP contribution in [-0.2, 0) is 0 Å². The third-order valence-corrected chi connectivity index (χ3v) is 2.93. The maximum Gasteiger partial charge on any atom is 0.167 e. The lowest BCUT2D eigenvalue weighted by Gasteiger charge is -2.38. The summed E-state index contributed by atoms with van der Waals surface area (Å²) >= 11 is 0. The van der Waals surface area contributed by atoms with Crippen molar-refractivity contribution in [1.29, 1.82) is 0 Å². The Kier molecular flexibility index (Phi) is 3.91. The highest BCUT2D eigenvalue weighted by Gasteiger charge is 2.24. The van der Waals surface area contributed by atoms with Crippen molar-refractivity contribution in [3.05, 3.63) is 29.8 Å². The molecule has 1 aliphatic rings. The summed E-state index contributed by atoms with van der Waals surface area (Å²) in [5.41, 5.74) is 5.51. The SMILES string of the molecule is NCC1CN(CCOc2ccc(F)cc2F)C1. The maximum absolute atomic E-state index is 13.2. The summed E-state index contributed by atoms with van der Waals surface area (Å²) in [4.78, 5) is 2.19. The number of ether oxygens (including phenoxy) is 1. The van der Waals surface area contributed by atoms with Gasteiger partial charge in [-0.15, -0.1) is 0 Å². The van der Waals surface area contributed by atoms with Gasteiger partial charge in [-0.25, -0.2) is 8.78 Å². The molecule has 0 unspecified atom stereocenters. The molecule has 2 N–H and O–H groups in total. The minimum atomic E-state index is -0.659. The number of nitrogens with zero attached hydrogens (tertiary/aromatic N) is 1. The lowest BCUT2D eigenvalue weighted by molar-refractivity contribution is 0.0866. The summed E-state index contributed by atoms with van der Waals surface area (Å²) < 4.78 is 31.1. The fourth-order valence-corrected chi connectivity index (χ4v) is 1.89. The first-order valence-electron chi connectivity index (χ1n) is 5.69. The minimum absolute atomic E-state index is 0.0994. The first-order valence-corrected chi connectivity index (χ1v) is 5.69. The van der Waals surface area contributed by atoms with E-state index in [2.05, 4.69) is 4.90 Å². The molecular weight excluding hydrogens is 226 g/mol. The Morgan fingerprint density at radius 1 is 1.35 bits per heavy atom. The number of hydrogen-bond donors (Lipinski definition) is 1. The summed E-state index contributed by atoms with van der Waals surface area (Å²) in [6.07, 6.45) is 0. The molecule has 0 saturated carbocycles. The van der Waals surface area contributed by atoms with Gasteiger partial charge in [0.1, 0.15) is 12.4 Å². The van der Waals surface area contributed by atoms with E-state index in [1.807, 2.05) is 0 Å². The van der Waals surface area contributed by atoms with E-state index in [1.54, 1.807) is 0 Å². The Bertz CT molecular complexity index is 381. The van der Waals surface area contributed by atoms with Crippen LogP contribution in [0.4, 0.5) is 8.78 Å². The first kappa shape index (κ1) is 12.3. The highest BCUT2D eigenvalue weighted by molar-refractivity contribution is 5.24. The van der Waals surface area contributed by atoms with E-state index in [9.17, 15) is 8.78 Å². The molecule has 0 aromatic heterocycles. The summed E-state index contributed by atoms with van der Waals surface area (Å²) in [6, 6.07) is 3.32. The van der Waals surface area contributed by atoms with E-state index in [0.717, 1.165) is 25.7 Å². The van der Waals surface area contributed by atoms with Crippen molar-refractivity contribution in [1.82, 2.24) is 4.90 Å². The van der Waals surface area contributed by atoms with Crippen molar-refractivity contribution in [3.63, 3.8) is 0 Å². The van der Waals surface area contributed by atoms with Crippen LogP contribution in [-0.4, -0.2) is 37.7 Å². The molecule has 3 nitrogen and oxygen atoms in total. The topological polar surface area (TPSA) is 38.5 Å². The van der Waals surface area contributed by atoms with Crippen molar-refractivity contribution >= 4 is 0 Å². The molecule has 1 saturated heterocycles. The van der Waals surface area contributed by atoms with Gasteiger partial charge in [-0.3, -0.25) is 4.90 Å². The normalized spacial score (nSPS) is 16.9. The van der Waals surface area contributed by atoms with Crippen LogP contribution in [0, 0.1) is 17.6 Å². The minimum Gasteiger partial charge on any atom is -0.489 e. The number of benzene rings is 1. The molecule has 0 amide bonds. The third-order valence-electron chi connectivity index (χ3n) is 2.93.